The van der Waals surface area contributed by atoms with Crippen LogP contribution in [0.3, 0.4) is 0 Å². The minimum atomic E-state index is -0.103. The summed E-state index contributed by atoms with van der Waals surface area (Å²) in [5.41, 5.74) is 0. The molecule has 0 radical (unpaired) electrons. The molecule has 4 nitrogen and oxygen atoms in total. The molecule has 1 aliphatic heterocycles. The Morgan fingerprint density at radius 1 is 1.64 bits per heavy atom. The average molecular weight is 194 g/mol. The van der Waals surface area contributed by atoms with E-state index in [1.807, 2.05) is 0 Å². The van der Waals surface area contributed by atoms with E-state index in [0.717, 1.165) is 13.2 Å². The Morgan fingerprint density at radius 2 is 2.29 bits per heavy atom. The van der Waals surface area contributed by atoms with E-state index in [0.29, 0.717) is 18.4 Å². The van der Waals surface area contributed by atoms with Gasteiger partial charge in [-0.25, -0.2) is 0 Å². The van der Waals surface area contributed by atoms with E-state index < -0.39 is 0 Å². The van der Waals surface area contributed by atoms with Crippen molar-refractivity contribution in [1.82, 2.24) is 5.32 Å². The first kappa shape index (κ1) is 9.47. The van der Waals surface area contributed by atoms with Crippen LogP contribution in [0.4, 0.5) is 0 Å². The highest BCUT2D eigenvalue weighted by molar-refractivity contribution is 5.82. The molecule has 3 atom stereocenters. The number of nitrogens with zero attached hydrogens (tertiary/aromatic N) is 1. The normalized spacial score (nSPS) is 35.6. The van der Waals surface area contributed by atoms with Gasteiger partial charge in [0.2, 0.25) is 5.91 Å². The molecular weight excluding hydrogens is 180 g/mol. The number of hydrogen-bond acceptors (Lipinski definition) is 3. The van der Waals surface area contributed by atoms with Crippen molar-refractivity contribution in [3.05, 3.63) is 0 Å². The number of hydrogen-bond donors (Lipinski definition) is 1. The Hall–Kier alpha value is -1.08. The maximum atomic E-state index is 11.6. The minimum absolute atomic E-state index is 0.102. The molecule has 3 unspecified atom stereocenters. The van der Waals surface area contributed by atoms with Crippen LogP contribution in [0, 0.1) is 35.0 Å². The Bertz CT molecular complexity index is 274. The van der Waals surface area contributed by atoms with Crippen LogP contribution in [-0.4, -0.2) is 25.7 Å². The molecule has 14 heavy (non-hydrogen) atoms. The Kier molecular flexibility index (Phi) is 2.42. The van der Waals surface area contributed by atoms with Crippen molar-refractivity contribution in [2.24, 2.45) is 23.7 Å². The molecular formula is C10H14N2O2. The van der Waals surface area contributed by atoms with Crippen molar-refractivity contribution in [2.75, 3.05) is 19.8 Å². The van der Waals surface area contributed by atoms with Gasteiger partial charge in [0.05, 0.1) is 25.2 Å². The number of nitriles is 1. The molecule has 1 N–H and O–H groups in total. The molecule has 1 amide bonds. The quantitative estimate of drug-likeness (QED) is 0.696. The lowest BCUT2D eigenvalue weighted by atomic mass is 10.2. The molecule has 76 valence electrons. The number of carbonyl (C=O) groups excluding carboxylic acids is 1. The first-order valence-electron chi connectivity index (χ1n) is 4.99. The first-order chi connectivity index (χ1) is 6.74. The molecule has 1 heterocycles. The summed E-state index contributed by atoms with van der Waals surface area (Å²) in [5, 5.41) is 11.3. The maximum absolute atomic E-state index is 11.6. The van der Waals surface area contributed by atoms with Crippen LogP contribution >= 0.6 is 0 Å². The van der Waals surface area contributed by atoms with Crippen molar-refractivity contribution in [3.8, 4) is 6.07 Å². The number of amides is 1. The molecule has 0 aromatic carbocycles. The van der Waals surface area contributed by atoms with Crippen molar-refractivity contribution in [1.29, 1.82) is 5.26 Å². The largest absolute Gasteiger partial charge is 0.381 e. The highest BCUT2D eigenvalue weighted by Crippen LogP contribution is 2.50. The zero-order valence-corrected chi connectivity index (χ0v) is 8.19. The van der Waals surface area contributed by atoms with Gasteiger partial charge in [0.15, 0.2) is 0 Å². The second kappa shape index (κ2) is 3.58. The zero-order valence-electron chi connectivity index (χ0n) is 8.19. The summed E-state index contributed by atoms with van der Waals surface area (Å²) in [6.45, 7) is 3.73. The Morgan fingerprint density at radius 3 is 2.86 bits per heavy atom. The van der Waals surface area contributed by atoms with E-state index >= 15 is 0 Å². The van der Waals surface area contributed by atoms with Crippen LogP contribution in [0.5, 0.6) is 0 Å². The molecule has 2 aliphatic rings. The van der Waals surface area contributed by atoms with Crippen LogP contribution < -0.4 is 5.32 Å². The van der Waals surface area contributed by atoms with Crippen molar-refractivity contribution in [2.45, 2.75) is 6.92 Å². The predicted octanol–water partition coefficient (Wildman–Crippen LogP) is 0.155. The highest BCUT2D eigenvalue weighted by atomic mass is 16.5. The molecule has 0 bridgehead atoms. The number of ether oxygens (including phenoxy) is 1. The SMILES string of the molecule is CC(C#N)CNC(=O)C1C2COCC21. The van der Waals surface area contributed by atoms with Crippen LogP contribution in [0.25, 0.3) is 0 Å². The van der Waals surface area contributed by atoms with Gasteiger partial charge in [0.1, 0.15) is 0 Å². The van der Waals surface area contributed by atoms with Crippen LogP contribution in [0.1, 0.15) is 6.92 Å². The monoisotopic (exact) mass is 194 g/mol. The molecule has 1 saturated carbocycles. The fraction of sp³-hybridized carbons (Fsp3) is 0.800. The molecule has 0 aromatic heterocycles. The van der Waals surface area contributed by atoms with Crippen molar-refractivity contribution >= 4 is 5.91 Å². The average Bonchev–Trinajstić information content (AvgIpc) is 2.68. The predicted molar refractivity (Wildman–Crippen MR) is 49.1 cm³/mol. The van der Waals surface area contributed by atoms with Crippen molar-refractivity contribution in [3.63, 3.8) is 0 Å². The molecule has 2 rings (SSSR count). The van der Waals surface area contributed by atoms with Gasteiger partial charge in [-0.2, -0.15) is 5.26 Å². The summed E-state index contributed by atoms with van der Waals surface area (Å²) >= 11 is 0. The summed E-state index contributed by atoms with van der Waals surface area (Å²) in [5.74, 6) is 1.06. The Labute approximate surface area is 83.2 Å². The third-order valence-corrected chi connectivity index (χ3v) is 3.06. The first-order valence-corrected chi connectivity index (χ1v) is 4.99. The lowest BCUT2D eigenvalue weighted by molar-refractivity contribution is -0.123. The molecule has 0 spiro atoms. The second-order valence-corrected chi connectivity index (χ2v) is 4.17. The van der Waals surface area contributed by atoms with Gasteiger partial charge < -0.3 is 10.1 Å². The number of fused-ring (bicyclic) bond motifs is 1. The molecule has 2 fully saturated rings. The summed E-state index contributed by atoms with van der Waals surface area (Å²) in [7, 11) is 0. The number of nitrogens with one attached hydrogen (secondary N) is 1. The van der Waals surface area contributed by atoms with E-state index in [1.165, 1.54) is 0 Å². The van der Waals surface area contributed by atoms with Gasteiger partial charge in [-0.1, -0.05) is 0 Å². The van der Waals surface area contributed by atoms with E-state index in [1.54, 1.807) is 6.92 Å². The van der Waals surface area contributed by atoms with Crippen molar-refractivity contribution < 1.29 is 9.53 Å². The van der Waals surface area contributed by atoms with Crippen LogP contribution in [-0.2, 0) is 9.53 Å². The van der Waals surface area contributed by atoms with E-state index in [-0.39, 0.29) is 17.7 Å². The fourth-order valence-electron chi connectivity index (χ4n) is 2.05. The Balaban J connectivity index is 1.73. The van der Waals surface area contributed by atoms with E-state index in [2.05, 4.69) is 11.4 Å². The molecule has 4 heteroatoms. The van der Waals surface area contributed by atoms with Gasteiger partial charge in [-0.3, -0.25) is 4.79 Å². The number of carbonyl (C=O) groups is 1. The van der Waals surface area contributed by atoms with Gasteiger partial charge in [0, 0.05) is 12.5 Å². The van der Waals surface area contributed by atoms with Gasteiger partial charge in [-0.05, 0) is 18.8 Å². The highest BCUT2D eigenvalue weighted by Gasteiger charge is 2.57. The third-order valence-electron chi connectivity index (χ3n) is 3.06. The van der Waals surface area contributed by atoms with E-state index in [9.17, 15) is 4.79 Å². The standard InChI is InChI=1S/C10H14N2O2/c1-6(2-11)3-12-10(13)9-7-4-14-5-8(7)9/h6-9H,3-5H2,1H3,(H,12,13). The summed E-state index contributed by atoms with van der Waals surface area (Å²) in [4.78, 5) is 11.6. The number of rotatable bonds is 3. The summed E-state index contributed by atoms with van der Waals surface area (Å²) in [6.07, 6.45) is 0. The molecule has 1 saturated heterocycles. The second-order valence-electron chi connectivity index (χ2n) is 4.17. The van der Waals surface area contributed by atoms with Crippen LogP contribution in [0.15, 0.2) is 0 Å². The topological polar surface area (TPSA) is 62.1 Å². The van der Waals surface area contributed by atoms with Gasteiger partial charge in [-0.15, -0.1) is 0 Å². The fourth-order valence-corrected chi connectivity index (χ4v) is 2.05. The van der Waals surface area contributed by atoms with Gasteiger partial charge >= 0.3 is 0 Å². The molecule has 1 aliphatic carbocycles. The van der Waals surface area contributed by atoms with Crippen LogP contribution in [0.2, 0.25) is 0 Å². The maximum Gasteiger partial charge on any atom is 0.223 e. The minimum Gasteiger partial charge on any atom is -0.381 e. The zero-order chi connectivity index (χ0) is 10.1. The third kappa shape index (κ3) is 1.60. The van der Waals surface area contributed by atoms with E-state index in [4.69, 9.17) is 10.00 Å². The lowest BCUT2D eigenvalue weighted by Gasteiger charge is -2.07. The molecule has 0 aromatic rings. The van der Waals surface area contributed by atoms with Gasteiger partial charge in [0.25, 0.3) is 0 Å². The lowest BCUT2D eigenvalue weighted by Crippen LogP contribution is -2.31. The summed E-state index contributed by atoms with van der Waals surface area (Å²) < 4.78 is 5.20. The smallest absolute Gasteiger partial charge is 0.223 e. The summed E-state index contributed by atoms with van der Waals surface area (Å²) in [6, 6.07) is 2.09.